The average Bonchev–Trinajstić information content (AvgIpc) is 2.59. The Morgan fingerprint density at radius 3 is 2.12 bits per heavy atom. The van der Waals surface area contributed by atoms with E-state index in [0.29, 0.717) is 11.6 Å². The molecule has 0 aliphatic rings. The fourth-order valence-corrected chi connectivity index (χ4v) is 3.99. The van der Waals surface area contributed by atoms with Crippen molar-refractivity contribution in [1.82, 2.24) is 4.72 Å². The molecule has 2 N–H and O–H groups in total. The number of rotatable bonds is 8. The second-order valence-electron chi connectivity index (χ2n) is 5.63. The number of nitrogens with one attached hydrogen (secondary N) is 2. The van der Waals surface area contributed by atoms with Crippen LogP contribution in [-0.4, -0.2) is 28.1 Å². The Morgan fingerprint density at radius 2 is 1.58 bits per heavy atom. The van der Waals surface area contributed by atoms with E-state index in [1.165, 1.54) is 17.0 Å². The van der Waals surface area contributed by atoms with Gasteiger partial charge in [-0.05, 0) is 38.1 Å². The molecule has 0 amide bonds. The van der Waals surface area contributed by atoms with Crippen molar-refractivity contribution >= 4 is 21.6 Å². The van der Waals surface area contributed by atoms with Gasteiger partial charge >= 0.3 is 0 Å². The highest BCUT2D eigenvalue weighted by Crippen LogP contribution is 2.15. The molecular formula is C18H24ClN2O2S+. The van der Waals surface area contributed by atoms with Crippen LogP contribution >= 0.6 is 11.6 Å². The summed E-state index contributed by atoms with van der Waals surface area (Å²) in [6.07, 6.45) is 0. The Balaban J connectivity index is 2.19. The van der Waals surface area contributed by atoms with Gasteiger partial charge in [-0.2, -0.15) is 0 Å². The summed E-state index contributed by atoms with van der Waals surface area (Å²) in [6.45, 7) is 6.44. The summed E-state index contributed by atoms with van der Waals surface area (Å²) in [5.41, 5.74) is 1.13. The fourth-order valence-electron chi connectivity index (χ4n) is 2.82. The van der Waals surface area contributed by atoms with Crippen molar-refractivity contribution in [3.8, 4) is 0 Å². The lowest BCUT2D eigenvalue weighted by molar-refractivity contribution is -0.927. The van der Waals surface area contributed by atoms with E-state index in [2.05, 4.69) is 18.6 Å². The molecule has 0 saturated heterocycles. The third-order valence-electron chi connectivity index (χ3n) is 4.20. The summed E-state index contributed by atoms with van der Waals surface area (Å²) in [4.78, 5) is 1.56. The van der Waals surface area contributed by atoms with Crippen LogP contribution in [0.25, 0.3) is 0 Å². The first-order valence-electron chi connectivity index (χ1n) is 8.12. The Hall–Kier alpha value is -1.40. The summed E-state index contributed by atoms with van der Waals surface area (Å²) in [5.74, 6) is 0. The summed E-state index contributed by atoms with van der Waals surface area (Å²) in [7, 11) is -3.55. The van der Waals surface area contributed by atoms with E-state index in [1.807, 2.05) is 30.3 Å². The van der Waals surface area contributed by atoms with Crippen LogP contribution in [0.5, 0.6) is 0 Å². The van der Waals surface area contributed by atoms with Crippen molar-refractivity contribution < 1.29 is 13.3 Å². The Morgan fingerprint density at radius 1 is 1.00 bits per heavy atom. The zero-order valence-electron chi connectivity index (χ0n) is 14.0. The second-order valence-corrected chi connectivity index (χ2v) is 7.84. The SMILES string of the molecule is CC[NH+](CC)[C@H](CNS(=O)(=O)c1ccc(Cl)cc1)c1ccccc1. The first kappa shape index (κ1) is 18.9. The molecule has 130 valence electrons. The summed E-state index contributed by atoms with van der Waals surface area (Å²) in [5, 5.41) is 0.517. The van der Waals surface area contributed by atoms with Crippen LogP contribution in [0, 0.1) is 0 Å². The number of hydrogen-bond donors (Lipinski definition) is 2. The van der Waals surface area contributed by atoms with Gasteiger partial charge in [0.1, 0.15) is 6.04 Å². The standard InChI is InChI=1S/C18H23ClN2O2S/c1-3-21(4-2)18(15-8-6-5-7-9-15)14-20-24(22,23)17-12-10-16(19)11-13-17/h5-13,18,20H,3-4,14H2,1-2H3/p+1/t18-/m1/s1. The van der Waals surface area contributed by atoms with Crippen molar-refractivity contribution in [2.24, 2.45) is 0 Å². The molecule has 0 unspecified atom stereocenters. The van der Waals surface area contributed by atoms with Gasteiger partial charge in [0.25, 0.3) is 0 Å². The van der Waals surface area contributed by atoms with Crippen LogP contribution in [0.4, 0.5) is 0 Å². The van der Waals surface area contributed by atoms with Gasteiger partial charge in [0.05, 0.1) is 24.5 Å². The smallest absolute Gasteiger partial charge is 0.240 e. The van der Waals surface area contributed by atoms with Crippen molar-refractivity contribution in [2.45, 2.75) is 24.8 Å². The van der Waals surface area contributed by atoms with E-state index >= 15 is 0 Å². The molecule has 0 fully saturated rings. The molecule has 4 nitrogen and oxygen atoms in total. The molecule has 0 aromatic heterocycles. The van der Waals surface area contributed by atoms with Gasteiger partial charge in [0.15, 0.2) is 0 Å². The topological polar surface area (TPSA) is 50.6 Å². The molecular weight excluding hydrogens is 344 g/mol. The Kier molecular flexibility index (Phi) is 6.80. The first-order chi connectivity index (χ1) is 11.5. The van der Waals surface area contributed by atoms with Crippen molar-refractivity contribution in [3.63, 3.8) is 0 Å². The third-order valence-corrected chi connectivity index (χ3v) is 5.90. The molecule has 0 radical (unpaired) electrons. The number of hydrogen-bond acceptors (Lipinski definition) is 2. The van der Waals surface area contributed by atoms with Crippen LogP contribution in [0.2, 0.25) is 5.02 Å². The van der Waals surface area contributed by atoms with Crippen molar-refractivity contribution in [2.75, 3.05) is 19.6 Å². The molecule has 24 heavy (non-hydrogen) atoms. The fraction of sp³-hybridized carbons (Fsp3) is 0.333. The van der Waals surface area contributed by atoms with Crippen LogP contribution in [-0.2, 0) is 10.0 Å². The number of benzene rings is 2. The maximum atomic E-state index is 12.5. The van der Waals surface area contributed by atoms with E-state index in [0.717, 1.165) is 18.7 Å². The molecule has 0 saturated carbocycles. The molecule has 2 aromatic carbocycles. The van der Waals surface area contributed by atoms with Gasteiger partial charge in [0.2, 0.25) is 10.0 Å². The maximum Gasteiger partial charge on any atom is 0.240 e. The van der Waals surface area contributed by atoms with Crippen LogP contribution in [0.3, 0.4) is 0 Å². The second kappa shape index (κ2) is 8.62. The van der Waals surface area contributed by atoms with E-state index in [9.17, 15) is 8.42 Å². The van der Waals surface area contributed by atoms with E-state index < -0.39 is 10.0 Å². The van der Waals surface area contributed by atoms with E-state index in [-0.39, 0.29) is 10.9 Å². The zero-order chi connectivity index (χ0) is 17.6. The Labute approximate surface area is 149 Å². The lowest BCUT2D eigenvalue weighted by Crippen LogP contribution is -3.12. The summed E-state index contributed by atoms with van der Waals surface area (Å²) < 4.78 is 27.8. The van der Waals surface area contributed by atoms with Crippen LogP contribution in [0.15, 0.2) is 59.5 Å². The number of quaternary nitrogens is 1. The van der Waals surface area contributed by atoms with Gasteiger partial charge < -0.3 is 4.90 Å². The summed E-state index contributed by atoms with van der Waals surface area (Å²) in [6, 6.07) is 16.3. The third kappa shape index (κ3) is 4.80. The lowest BCUT2D eigenvalue weighted by atomic mass is 10.1. The largest absolute Gasteiger partial charge is 0.328 e. The molecule has 0 aliphatic heterocycles. The minimum atomic E-state index is -3.55. The monoisotopic (exact) mass is 367 g/mol. The number of halogens is 1. The van der Waals surface area contributed by atoms with Crippen LogP contribution < -0.4 is 9.62 Å². The molecule has 2 rings (SSSR count). The minimum absolute atomic E-state index is 0.0725. The molecule has 0 bridgehead atoms. The highest BCUT2D eigenvalue weighted by atomic mass is 35.5. The van der Waals surface area contributed by atoms with Gasteiger partial charge in [-0.3, -0.25) is 0 Å². The Bertz CT molecular complexity index is 729. The van der Waals surface area contributed by atoms with Crippen molar-refractivity contribution in [1.29, 1.82) is 0 Å². The minimum Gasteiger partial charge on any atom is -0.328 e. The zero-order valence-corrected chi connectivity index (χ0v) is 15.6. The predicted octanol–water partition coefficient (Wildman–Crippen LogP) is 2.28. The predicted molar refractivity (Wildman–Crippen MR) is 97.9 cm³/mol. The molecule has 0 aliphatic carbocycles. The molecule has 1 atom stereocenters. The molecule has 6 heteroatoms. The van der Waals surface area contributed by atoms with Gasteiger partial charge in [-0.25, -0.2) is 13.1 Å². The quantitative estimate of drug-likeness (QED) is 0.752. The highest BCUT2D eigenvalue weighted by molar-refractivity contribution is 7.89. The molecule has 2 aromatic rings. The lowest BCUT2D eigenvalue weighted by Gasteiger charge is -2.27. The average molecular weight is 368 g/mol. The number of likely N-dealkylation sites (N-methyl/N-ethyl adjacent to an activating group) is 1. The normalized spacial score (nSPS) is 13.2. The maximum absolute atomic E-state index is 12.5. The highest BCUT2D eigenvalue weighted by Gasteiger charge is 2.24. The van der Waals surface area contributed by atoms with Gasteiger partial charge in [0, 0.05) is 10.6 Å². The van der Waals surface area contributed by atoms with Gasteiger partial charge in [-0.1, -0.05) is 41.9 Å². The van der Waals surface area contributed by atoms with Crippen molar-refractivity contribution in [3.05, 3.63) is 65.2 Å². The first-order valence-corrected chi connectivity index (χ1v) is 9.98. The van der Waals surface area contributed by atoms with E-state index in [1.54, 1.807) is 12.1 Å². The summed E-state index contributed by atoms with van der Waals surface area (Å²) >= 11 is 5.83. The van der Waals surface area contributed by atoms with Crippen LogP contribution in [0.1, 0.15) is 25.5 Å². The molecule has 0 spiro atoms. The van der Waals surface area contributed by atoms with E-state index in [4.69, 9.17) is 11.6 Å². The van der Waals surface area contributed by atoms with Gasteiger partial charge in [-0.15, -0.1) is 0 Å². The molecule has 0 heterocycles. The number of sulfonamides is 1.